The van der Waals surface area contributed by atoms with Crippen LogP contribution in [0.25, 0.3) is 22.4 Å². The van der Waals surface area contributed by atoms with E-state index in [0.29, 0.717) is 33.5 Å². The summed E-state index contributed by atoms with van der Waals surface area (Å²) in [6, 6.07) is 18.1. The third kappa shape index (κ3) is 3.80. The third-order valence-corrected chi connectivity index (χ3v) is 4.74. The Hall–Kier alpha value is -3.73. The smallest absolute Gasteiger partial charge is 0.339 e. The van der Waals surface area contributed by atoms with Crippen molar-refractivity contribution in [2.24, 2.45) is 0 Å². The van der Waals surface area contributed by atoms with Gasteiger partial charge in [0.05, 0.1) is 17.3 Å². The Kier molecular flexibility index (Phi) is 4.96. The van der Waals surface area contributed by atoms with E-state index in [9.17, 15) is 9.59 Å². The van der Waals surface area contributed by atoms with Gasteiger partial charge in [0.25, 0.3) is 0 Å². The molecule has 29 heavy (non-hydrogen) atoms. The van der Waals surface area contributed by atoms with E-state index < -0.39 is 5.97 Å². The molecule has 0 bridgehead atoms. The Balaban J connectivity index is 1.63. The molecule has 0 spiro atoms. The summed E-state index contributed by atoms with van der Waals surface area (Å²) in [5.74, 6) is -0.254. The number of ketones is 1. The average Bonchev–Trinajstić information content (AvgIpc) is 3.27. The molecule has 0 atom stereocenters. The van der Waals surface area contributed by atoms with E-state index in [1.165, 1.54) is 0 Å². The number of fused-ring (bicyclic) bond motifs is 1. The second-order valence-electron chi connectivity index (χ2n) is 6.87. The molecule has 5 nitrogen and oxygen atoms in total. The minimum atomic E-state index is -0.574. The molecule has 0 aliphatic heterocycles. The highest BCUT2D eigenvalue weighted by Crippen LogP contribution is 2.25. The number of hydrogen-bond acceptors (Lipinski definition) is 5. The zero-order chi connectivity index (χ0) is 20.4. The van der Waals surface area contributed by atoms with E-state index in [-0.39, 0.29) is 12.4 Å². The molecule has 0 aliphatic rings. The summed E-state index contributed by atoms with van der Waals surface area (Å²) in [5.41, 5.74) is 3.92. The van der Waals surface area contributed by atoms with Gasteiger partial charge in [0.1, 0.15) is 5.69 Å². The first kappa shape index (κ1) is 18.6. The van der Waals surface area contributed by atoms with Crippen LogP contribution in [0, 0.1) is 13.8 Å². The number of ether oxygens (including phenoxy) is 1. The molecule has 0 fully saturated rings. The number of benzene rings is 2. The number of para-hydroxylation sites is 1. The predicted molar refractivity (Wildman–Crippen MR) is 110 cm³/mol. The van der Waals surface area contributed by atoms with Crippen molar-refractivity contribution in [3.63, 3.8) is 0 Å². The van der Waals surface area contributed by atoms with Gasteiger partial charge in [0.15, 0.2) is 12.4 Å². The van der Waals surface area contributed by atoms with Gasteiger partial charge in [-0.1, -0.05) is 35.9 Å². The monoisotopic (exact) mass is 385 g/mol. The Morgan fingerprint density at radius 3 is 2.59 bits per heavy atom. The van der Waals surface area contributed by atoms with Crippen LogP contribution in [0.5, 0.6) is 0 Å². The quantitative estimate of drug-likeness (QED) is 0.351. The number of hydrogen-bond donors (Lipinski definition) is 0. The fraction of sp³-hybridized carbons (Fsp3) is 0.125. The van der Waals surface area contributed by atoms with Gasteiger partial charge in [0.2, 0.25) is 5.78 Å². The molecule has 0 saturated carbocycles. The zero-order valence-electron chi connectivity index (χ0n) is 16.1. The van der Waals surface area contributed by atoms with E-state index in [1.807, 2.05) is 50.2 Å². The number of rotatable bonds is 5. The Labute approximate surface area is 168 Å². The van der Waals surface area contributed by atoms with Gasteiger partial charge in [0, 0.05) is 10.9 Å². The molecule has 0 amide bonds. The lowest BCUT2D eigenvalue weighted by atomic mass is 10.0. The van der Waals surface area contributed by atoms with Crippen LogP contribution >= 0.6 is 0 Å². The van der Waals surface area contributed by atoms with E-state index in [0.717, 1.165) is 11.1 Å². The van der Waals surface area contributed by atoms with Gasteiger partial charge in [-0.2, -0.15) is 0 Å². The standard InChI is InChI=1S/C24H19NO4/c1-15-9-10-16(2)18(12-15)22(26)14-29-24(27)19-13-21(23-8-5-11-28-23)25-20-7-4-3-6-17(19)20/h3-13H,14H2,1-2H3. The van der Waals surface area contributed by atoms with Crippen molar-refractivity contribution in [2.75, 3.05) is 6.61 Å². The summed E-state index contributed by atoms with van der Waals surface area (Å²) < 4.78 is 10.8. The molecule has 5 heteroatoms. The van der Waals surface area contributed by atoms with Crippen molar-refractivity contribution in [1.29, 1.82) is 0 Å². The predicted octanol–water partition coefficient (Wildman–Crippen LogP) is 5.15. The summed E-state index contributed by atoms with van der Waals surface area (Å²) in [6.45, 7) is 3.46. The third-order valence-electron chi connectivity index (χ3n) is 4.74. The Morgan fingerprint density at radius 2 is 1.79 bits per heavy atom. The maximum atomic E-state index is 12.8. The molecule has 0 aliphatic carbocycles. The molecule has 144 valence electrons. The number of carbonyl (C=O) groups is 2. The van der Waals surface area contributed by atoms with E-state index in [2.05, 4.69) is 4.98 Å². The molecule has 0 radical (unpaired) electrons. The topological polar surface area (TPSA) is 69.4 Å². The first-order chi connectivity index (χ1) is 14.0. The van der Waals surface area contributed by atoms with Crippen LogP contribution in [0.4, 0.5) is 0 Å². The van der Waals surface area contributed by atoms with Crippen molar-refractivity contribution < 1.29 is 18.7 Å². The first-order valence-electron chi connectivity index (χ1n) is 9.24. The van der Waals surface area contributed by atoms with Crippen LogP contribution in [0.2, 0.25) is 0 Å². The number of aromatic nitrogens is 1. The molecule has 0 saturated heterocycles. The van der Waals surface area contributed by atoms with E-state index in [4.69, 9.17) is 9.15 Å². The molecular formula is C24H19NO4. The molecule has 4 rings (SSSR count). The molecule has 2 heterocycles. The highest BCUT2D eigenvalue weighted by atomic mass is 16.5. The summed E-state index contributed by atoms with van der Waals surface area (Å²) in [6.07, 6.45) is 1.55. The molecule has 2 aromatic carbocycles. The maximum absolute atomic E-state index is 12.8. The van der Waals surface area contributed by atoms with Crippen LogP contribution < -0.4 is 0 Å². The Morgan fingerprint density at radius 1 is 0.966 bits per heavy atom. The van der Waals surface area contributed by atoms with Gasteiger partial charge in [-0.25, -0.2) is 9.78 Å². The Bertz CT molecular complexity index is 1210. The molecule has 0 unspecified atom stereocenters. The van der Waals surface area contributed by atoms with Crippen molar-refractivity contribution in [1.82, 2.24) is 4.98 Å². The molecule has 2 aromatic heterocycles. The first-order valence-corrected chi connectivity index (χ1v) is 9.24. The maximum Gasteiger partial charge on any atom is 0.339 e. The van der Waals surface area contributed by atoms with Crippen molar-refractivity contribution in [2.45, 2.75) is 13.8 Å². The highest BCUT2D eigenvalue weighted by Gasteiger charge is 2.18. The number of nitrogens with zero attached hydrogens (tertiary/aromatic N) is 1. The largest absolute Gasteiger partial charge is 0.463 e. The van der Waals surface area contributed by atoms with Crippen molar-refractivity contribution in [3.8, 4) is 11.5 Å². The summed E-state index contributed by atoms with van der Waals surface area (Å²) >= 11 is 0. The number of furan rings is 1. The molecule has 4 aromatic rings. The number of aryl methyl sites for hydroxylation is 2. The van der Waals surface area contributed by atoms with Crippen LogP contribution in [0.15, 0.2) is 71.3 Å². The normalized spacial score (nSPS) is 10.8. The molecule has 0 N–H and O–H groups in total. The van der Waals surface area contributed by atoms with Crippen LogP contribution in [-0.2, 0) is 4.74 Å². The summed E-state index contributed by atoms with van der Waals surface area (Å²) in [4.78, 5) is 30.0. The van der Waals surface area contributed by atoms with E-state index in [1.54, 1.807) is 30.5 Å². The number of Topliss-reactive ketones (excluding diaryl/α,β-unsaturated/α-hetero) is 1. The van der Waals surface area contributed by atoms with Gasteiger partial charge >= 0.3 is 5.97 Å². The number of pyridine rings is 1. The van der Waals surface area contributed by atoms with Gasteiger partial charge < -0.3 is 9.15 Å². The lowest BCUT2D eigenvalue weighted by Crippen LogP contribution is -2.16. The second kappa shape index (κ2) is 7.72. The van der Waals surface area contributed by atoms with Crippen LogP contribution in [0.1, 0.15) is 31.8 Å². The van der Waals surface area contributed by atoms with Gasteiger partial charge in [-0.3, -0.25) is 4.79 Å². The SMILES string of the molecule is Cc1ccc(C)c(C(=O)COC(=O)c2cc(-c3ccco3)nc3ccccc23)c1. The second-order valence-corrected chi connectivity index (χ2v) is 6.87. The van der Waals surface area contributed by atoms with E-state index >= 15 is 0 Å². The van der Waals surface area contributed by atoms with Gasteiger partial charge in [-0.15, -0.1) is 0 Å². The minimum absolute atomic E-state index is 0.232. The molecular weight excluding hydrogens is 366 g/mol. The lowest BCUT2D eigenvalue weighted by Gasteiger charge is -2.10. The summed E-state index contributed by atoms with van der Waals surface area (Å²) in [7, 11) is 0. The zero-order valence-corrected chi connectivity index (χ0v) is 16.1. The van der Waals surface area contributed by atoms with Gasteiger partial charge in [-0.05, 0) is 49.7 Å². The lowest BCUT2D eigenvalue weighted by molar-refractivity contribution is 0.0476. The number of carbonyl (C=O) groups excluding carboxylic acids is 2. The van der Waals surface area contributed by atoms with Crippen LogP contribution in [-0.4, -0.2) is 23.3 Å². The van der Waals surface area contributed by atoms with Crippen LogP contribution in [0.3, 0.4) is 0 Å². The number of esters is 1. The van der Waals surface area contributed by atoms with Crippen molar-refractivity contribution in [3.05, 3.63) is 89.2 Å². The highest BCUT2D eigenvalue weighted by molar-refractivity contribution is 6.06. The summed E-state index contributed by atoms with van der Waals surface area (Å²) in [5, 5.41) is 0.659. The fourth-order valence-corrected chi connectivity index (χ4v) is 3.22. The minimum Gasteiger partial charge on any atom is -0.463 e. The van der Waals surface area contributed by atoms with Crippen molar-refractivity contribution >= 4 is 22.7 Å². The average molecular weight is 385 g/mol. The fourth-order valence-electron chi connectivity index (χ4n) is 3.22.